The molecule has 5 nitrogen and oxygen atoms in total. The first-order valence-electron chi connectivity index (χ1n) is 4.34. The maximum atomic E-state index is 11.5. The van der Waals surface area contributed by atoms with Gasteiger partial charge in [-0.25, -0.2) is 4.79 Å². The molecule has 0 bridgehead atoms. The van der Waals surface area contributed by atoms with Crippen molar-refractivity contribution < 1.29 is 19.4 Å². The van der Waals surface area contributed by atoms with Gasteiger partial charge >= 0.3 is 11.9 Å². The van der Waals surface area contributed by atoms with E-state index in [2.05, 4.69) is 5.32 Å². The maximum Gasteiger partial charge on any atom is 0.335 e. The van der Waals surface area contributed by atoms with E-state index in [0.29, 0.717) is 0 Å². The van der Waals surface area contributed by atoms with Crippen LogP contribution in [0.25, 0.3) is 0 Å². The molecule has 0 aromatic carbocycles. The van der Waals surface area contributed by atoms with Gasteiger partial charge in [0.25, 0.3) is 0 Å². The SMILES string of the molecule is CCOC(=O)C1(C(=O)O)CNC(C)S1. The lowest BCUT2D eigenvalue weighted by atomic mass is 10.1. The second-order valence-corrected chi connectivity index (χ2v) is 4.63. The van der Waals surface area contributed by atoms with Crippen molar-refractivity contribution in [3.8, 4) is 0 Å². The van der Waals surface area contributed by atoms with Crippen LogP contribution in [0, 0.1) is 0 Å². The van der Waals surface area contributed by atoms with Crippen LogP contribution in [0.2, 0.25) is 0 Å². The Balaban J connectivity index is 2.83. The number of esters is 1. The molecular formula is C8H13NO4S. The minimum atomic E-state index is -1.46. The topological polar surface area (TPSA) is 75.6 Å². The van der Waals surface area contributed by atoms with Crippen LogP contribution in [-0.2, 0) is 14.3 Å². The van der Waals surface area contributed by atoms with Crippen molar-refractivity contribution >= 4 is 23.7 Å². The number of hydrogen-bond acceptors (Lipinski definition) is 5. The lowest BCUT2D eigenvalue weighted by molar-refractivity contribution is -0.155. The van der Waals surface area contributed by atoms with Crippen molar-refractivity contribution in [1.29, 1.82) is 0 Å². The summed E-state index contributed by atoms with van der Waals surface area (Å²) in [5.41, 5.74) is 0. The van der Waals surface area contributed by atoms with Gasteiger partial charge in [0.1, 0.15) is 0 Å². The molecule has 0 amide bonds. The molecule has 1 heterocycles. The third kappa shape index (κ3) is 1.85. The Morgan fingerprint density at radius 2 is 2.36 bits per heavy atom. The van der Waals surface area contributed by atoms with E-state index < -0.39 is 16.7 Å². The van der Waals surface area contributed by atoms with Crippen molar-refractivity contribution in [3.05, 3.63) is 0 Å². The highest BCUT2D eigenvalue weighted by atomic mass is 32.2. The van der Waals surface area contributed by atoms with Crippen molar-refractivity contribution in [2.45, 2.75) is 24.0 Å². The molecule has 2 N–H and O–H groups in total. The molecule has 2 unspecified atom stereocenters. The van der Waals surface area contributed by atoms with Gasteiger partial charge in [-0.15, -0.1) is 11.8 Å². The largest absolute Gasteiger partial charge is 0.480 e. The molecule has 14 heavy (non-hydrogen) atoms. The predicted molar refractivity (Wildman–Crippen MR) is 52.1 cm³/mol. The highest BCUT2D eigenvalue weighted by molar-refractivity contribution is 8.03. The Morgan fingerprint density at radius 1 is 1.71 bits per heavy atom. The van der Waals surface area contributed by atoms with Gasteiger partial charge in [-0.2, -0.15) is 0 Å². The normalized spacial score (nSPS) is 31.4. The van der Waals surface area contributed by atoms with Crippen LogP contribution in [0.5, 0.6) is 0 Å². The van der Waals surface area contributed by atoms with Gasteiger partial charge in [-0.3, -0.25) is 4.79 Å². The number of carboxylic acids is 1. The zero-order valence-corrected chi connectivity index (χ0v) is 8.89. The Morgan fingerprint density at radius 3 is 2.71 bits per heavy atom. The molecule has 2 atom stereocenters. The Kier molecular flexibility index (Phi) is 3.38. The minimum absolute atomic E-state index is 0.0458. The lowest BCUT2D eigenvalue weighted by Gasteiger charge is -2.19. The van der Waals surface area contributed by atoms with Gasteiger partial charge in [0, 0.05) is 6.54 Å². The molecular weight excluding hydrogens is 206 g/mol. The smallest absolute Gasteiger partial charge is 0.335 e. The van der Waals surface area contributed by atoms with Crippen molar-refractivity contribution in [2.24, 2.45) is 0 Å². The maximum absolute atomic E-state index is 11.5. The molecule has 0 aliphatic carbocycles. The second-order valence-electron chi connectivity index (χ2n) is 2.99. The Hall–Kier alpha value is -0.750. The number of rotatable bonds is 3. The highest BCUT2D eigenvalue weighted by Gasteiger charge is 2.53. The summed E-state index contributed by atoms with van der Waals surface area (Å²) in [6, 6.07) is 0. The van der Waals surface area contributed by atoms with Gasteiger partial charge in [-0.1, -0.05) is 0 Å². The molecule has 6 heteroatoms. The monoisotopic (exact) mass is 219 g/mol. The van der Waals surface area contributed by atoms with Gasteiger partial charge in [0.05, 0.1) is 12.0 Å². The predicted octanol–water partition coefficient (Wildman–Crippen LogP) is 0.0553. The lowest BCUT2D eigenvalue weighted by Crippen LogP contribution is -2.47. The van der Waals surface area contributed by atoms with Crippen molar-refractivity contribution in [3.63, 3.8) is 0 Å². The molecule has 0 aromatic heterocycles. The average molecular weight is 219 g/mol. The van der Waals surface area contributed by atoms with Crippen LogP contribution in [0.1, 0.15) is 13.8 Å². The average Bonchev–Trinajstić information content (AvgIpc) is 2.49. The van der Waals surface area contributed by atoms with E-state index >= 15 is 0 Å². The van der Waals surface area contributed by atoms with E-state index in [1.165, 1.54) is 0 Å². The fourth-order valence-corrected chi connectivity index (χ4v) is 2.45. The van der Waals surface area contributed by atoms with Crippen molar-refractivity contribution in [2.75, 3.05) is 13.2 Å². The number of thioether (sulfide) groups is 1. The molecule has 1 aliphatic heterocycles. The number of hydrogen-bond donors (Lipinski definition) is 2. The first kappa shape index (κ1) is 11.3. The number of carboxylic acid groups (broad SMARTS) is 1. The summed E-state index contributed by atoms with van der Waals surface area (Å²) in [5, 5.41) is 11.9. The van der Waals surface area contributed by atoms with Crippen molar-refractivity contribution in [1.82, 2.24) is 5.32 Å². The van der Waals surface area contributed by atoms with Gasteiger partial charge in [-0.05, 0) is 13.8 Å². The third-order valence-electron chi connectivity index (χ3n) is 1.97. The van der Waals surface area contributed by atoms with Gasteiger partial charge in [0.2, 0.25) is 4.75 Å². The van der Waals surface area contributed by atoms with E-state index in [1.807, 2.05) is 6.92 Å². The van der Waals surface area contributed by atoms with E-state index in [4.69, 9.17) is 9.84 Å². The summed E-state index contributed by atoms with van der Waals surface area (Å²) < 4.78 is 3.30. The zero-order chi connectivity index (χ0) is 10.8. The zero-order valence-electron chi connectivity index (χ0n) is 8.07. The van der Waals surface area contributed by atoms with E-state index in [0.717, 1.165) is 11.8 Å². The van der Waals surface area contributed by atoms with Crippen LogP contribution >= 0.6 is 11.8 Å². The van der Waals surface area contributed by atoms with Crippen LogP contribution in [-0.4, -0.2) is 40.3 Å². The van der Waals surface area contributed by atoms with E-state index in [-0.39, 0.29) is 18.5 Å². The van der Waals surface area contributed by atoms with Crippen LogP contribution < -0.4 is 5.32 Å². The molecule has 0 radical (unpaired) electrons. The Bertz CT molecular complexity index is 258. The first-order chi connectivity index (χ1) is 6.53. The summed E-state index contributed by atoms with van der Waals surface area (Å²) in [7, 11) is 0. The number of nitrogens with one attached hydrogen (secondary N) is 1. The van der Waals surface area contributed by atoms with Crippen LogP contribution in [0.3, 0.4) is 0 Å². The molecule has 1 saturated heterocycles. The summed E-state index contributed by atoms with van der Waals surface area (Å²) in [4.78, 5) is 22.5. The first-order valence-corrected chi connectivity index (χ1v) is 5.22. The third-order valence-corrected chi connectivity index (χ3v) is 3.38. The molecule has 80 valence electrons. The number of aliphatic carboxylic acids is 1. The summed E-state index contributed by atoms with van der Waals surface area (Å²) in [5.74, 6) is -1.81. The Labute approximate surface area is 86.2 Å². The molecule has 0 aromatic rings. The van der Waals surface area contributed by atoms with Crippen LogP contribution in [0.4, 0.5) is 0 Å². The fourth-order valence-electron chi connectivity index (χ4n) is 1.25. The van der Waals surface area contributed by atoms with E-state index in [9.17, 15) is 9.59 Å². The quantitative estimate of drug-likeness (QED) is 0.516. The molecule has 1 rings (SSSR count). The molecule has 1 aliphatic rings. The standard InChI is InChI=1S/C8H13NO4S/c1-3-13-7(12)8(6(10)11)4-9-5(2)14-8/h5,9H,3-4H2,1-2H3,(H,10,11). The minimum Gasteiger partial charge on any atom is -0.480 e. The summed E-state index contributed by atoms with van der Waals surface area (Å²) >= 11 is 1.08. The molecule has 0 saturated carbocycles. The molecule has 0 spiro atoms. The second kappa shape index (κ2) is 4.18. The van der Waals surface area contributed by atoms with Gasteiger partial charge < -0.3 is 15.2 Å². The number of carbonyl (C=O) groups is 2. The van der Waals surface area contributed by atoms with Crippen LogP contribution in [0.15, 0.2) is 0 Å². The summed E-state index contributed by atoms with van der Waals surface area (Å²) in [6.07, 6.45) is 0. The molecule has 1 fully saturated rings. The van der Waals surface area contributed by atoms with Gasteiger partial charge in [0.15, 0.2) is 0 Å². The highest BCUT2D eigenvalue weighted by Crippen LogP contribution is 2.35. The fraction of sp³-hybridized carbons (Fsp3) is 0.750. The number of carbonyl (C=O) groups excluding carboxylic acids is 1. The van der Waals surface area contributed by atoms with E-state index in [1.54, 1.807) is 6.92 Å². The summed E-state index contributed by atoms with van der Waals surface area (Å²) in [6.45, 7) is 3.79. The number of ether oxygens (including phenoxy) is 1.